The molecule has 2 aromatic rings. The van der Waals surface area contributed by atoms with Crippen LogP contribution in [-0.4, -0.2) is 27.2 Å². The molecule has 0 fully saturated rings. The molecule has 0 aliphatic heterocycles. The number of carbonyl (C=O) groups excluding carboxylic acids is 2. The summed E-state index contributed by atoms with van der Waals surface area (Å²) in [4.78, 5) is 22.5. The summed E-state index contributed by atoms with van der Waals surface area (Å²) in [7, 11) is 3.18. The normalized spacial score (nSPS) is 10.0. The molecule has 0 amide bonds. The van der Waals surface area contributed by atoms with Crippen molar-refractivity contribution in [2.75, 3.05) is 7.11 Å². The SMILES string of the molecule is Bc1ccc(Oc2ccc(C(=O)OC)cc2Cl)c(C=O)c1. The monoisotopic (exact) mass is 302 g/mol. The predicted octanol–water partition coefficient (Wildman–Crippen LogP) is 1.99. The highest BCUT2D eigenvalue weighted by molar-refractivity contribution is 6.33. The first-order valence-electron chi connectivity index (χ1n) is 6.16. The second-order valence-corrected chi connectivity index (χ2v) is 4.81. The molecule has 2 aromatic carbocycles. The minimum Gasteiger partial charge on any atom is -0.465 e. The summed E-state index contributed by atoms with van der Waals surface area (Å²) in [5.41, 5.74) is 1.72. The number of benzene rings is 2. The van der Waals surface area contributed by atoms with Crippen molar-refractivity contribution in [1.82, 2.24) is 0 Å². The van der Waals surface area contributed by atoms with Crippen LogP contribution in [0.1, 0.15) is 20.7 Å². The molecule has 0 radical (unpaired) electrons. The highest BCUT2D eigenvalue weighted by Gasteiger charge is 2.11. The Morgan fingerprint density at radius 3 is 2.52 bits per heavy atom. The van der Waals surface area contributed by atoms with Gasteiger partial charge >= 0.3 is 5.97 Å². The fraction of sp³-hybridized carbons (Fsp3) is 0.0667. The van der Waals surface area contributed by atoms with Crippen molar-refractivity contribution < 1.29 is 19.1 Å². The van der Waals surface area contributed by atoms with E-state index in [1.807, 2.05) is 13.9 Å². The van der Waals surface area contributed by atoms with Crippen molar-refractivity contribution in [3.8, 4) is 11.5 Å². The number of rotatable bonds is 4. The summed E-state index contributed by atoms with van der Waals surface area (Å²) in [6.07, 6.45) is 0.721. The second kappa shape index (κ2) is 6.46. The lowest BCUT2D eigenvalue weighted by atomic mass is 9.94. The van der Waals surface area contributed by atoms with E-state index in [1.165, 1.54) is 13.2 Å². The fourth-order valence-corrected chi connectivity index (χ4v) is 2.02. The molecule has 21 heavy (non-hydrogen) atoms. The average Bonchev–Trinajstić information content (AvgIpc) is 2.49. The van der Waals surface area contributed by atoms with Gasteiger partial charge in [0.2, 0.25) is 0 Å². The molecule has 2 rings (SSSR count). The van der Waals surface area contributed by atoms with Gasteiger partial charge in [-0.15, -0.1) is 0 Å². The van der Waals surface area contributed by atoms with E-state index in [-0.39, 0.29) is 5.02 Å². The third-order valence-electron chi connectivity index (χ3n) is 2.87. The lowest BCUT2D eigenvalue weighted by Gasteiger charge is -2.11. The molecule has 0 unspecified atom stereocenters. The lowest BCUT2D eigenvalue weighted by Crippen LogP contribution is -2.04. The number of ether oxygens (including phenoxy) is 2. The minimum absolute atomic E-state index is 0.260. The Kier molecular flexibility index (Phi) is 4.65. The van der Waals surface area contributed by atoms with Gasteiger partial charge in [0.05, 0.1) is 23.3 Å². The van der Waals surface area contributed by atoms with E-state index in [0.29, 0.717) is 22.6 Å². The molecule has 0 N–H and O–H groups in total. The first-order chi connectivity index (χ1) is 10.0. The van der Waals surface area contributed by atoms with Crippen LogP contribution < -0.4 is 10.2 Å². The van der Waals surface area contributed by atoms with Gasteiger partial charge in [-0.1, -0.05) is 29.2 Å². The van der Waals surface area contributed by atoms with Crippen LogP contribution in [-0.2, 0) is 4.74 Å². The van der Waals surface area contributed by atoms with Crippen LogP contribution in [0, 0.1) is 0 Å². The zero-order valence-corrected chi connectivity index (χ0v) is 12.3. The Morgan fingerprint density at radius 2 is 1.90 bits per heavy atom. The molecule has 0 spiro atoms. The summed E-state index contributed by atoms with van der Waals surface area (Å²) in [6.45, 7) is 0. The smallest absolute Gasteiger partial charge is 0.337 e. The Morgan fingerprint density at radius 1 is 1.19 bits per heavy atom. The molecule has 4 nitrogen and oxygen atoms in total. The van der Waals surface area contributed by atoms with Crippen molar-refractivity contribution >= 4 is 37.2 Å². The number of hydrogen-bond acceptors (Lipinski definition) is 4. The largest absolute Gasteiger partial charge is 0.465 e. The van der Waals surface area contributed by atoms with Crippen LogP contribution in [0.5, 0.6) is 11.5 Å². The molecule has 0 atom stereocenters. The van der Waals surface area contributed by atoms with Gasteiger partial charge in [0.15, 0.2) is 6.29 Å². The molecule has 0 aliphatic rings. The van der Waals surface area contributed by atoms with Crippen LogP contribution in [0.4, 0.5) is 0 Å². The zero-order chi connectivity index (χ0) is 15.4. The summed E-state index contributed by atoms with van der Waals surface area (Å²) >= 11 is 6.09. The fourth-order valence-electron chi connectivity index (χ4n) is 1.80. The first-order valence-corrected chi connectivity index (χ1v) is 6.54. The topological polar surface area (TPSA) is 52.6 Å². The van der Waals surface area contributed by atoms with Gasteiger partial charge in [-0.2, -0.15) is 0 Å². The van der Waals surface area contributed by atoms with E-state index in [1.54, 1.807) is 24.3 Å². The molecule has 106 valence electrons. The van der Waals surface area contributed by atoms with Gasteiger partial charge in [-0.3, -0.25) is 4.79 Å². The molecule has 0 aromatic heterocycles. The maximum atomic E-state index is 11.4. The van der Waals surface area contributed by atoms with Gasteiger partial charge in [-0.05, 0) is 24.3 Å². The van der Waals surface area contributed by atoms with Gasteiger partial charge in [0, 0.05) is 0 Å². The highest BCUT2D eigenvalue weighted by Crippen LogP contribution is 2.31. The van der Waals surface area contributed by atoms with Crippen LogP contribution in [0.3, 0.4) is 0 Å². The van der Waals surface area contributed by atoms with E-state index in [2.05, 4.69) is 4.74 Å². The number of esters is 1. The molecule has 0 heterocycles. The summed E-state index contributed by atoms with van der Waals surface area (Å²) in [6, 6.07) is 9.81. The van der Waals surface area contributed by atoms with E-state index in [0.717, 1.165) is 11.7 Å². The Labute approximate surface area is 128 Å². The van der Waals surface area contributed by atoms with Crippen molar-refractivity contribution in [1.29, 1.82) is 0 Å². The summed E-state index contributed by atoms with van der Waals surface area (Å²) in [5.74, 6) is 0.284. The lowest BCUT2D eigenvalue weighted by molar-refractivity contribution is 0.0600. The molecule has 0 bridgehead atoms. The molecular weight excluding hydrogens is 290 g/mol. The number of hydrogen-bond donors (Lipinski definition) is 0. The second-order valence-electron chi connectivity index (χ2n) is 4.40. The van der Waals surface area contributed by atoms with Crippen molar-refractivity contribution in [2.24, 2.45) is 0 Å². The van der Waals surface area contributed by atoms with Crippen LogP contribution in [0.2, 0.25) is 5.02 Å². The van der Waals surface area contributed by atoms with Gasteiger partial charge in [-0.25, -0.2) is 4.79 Å². The van der Waals surface area contributed by atoms with E-state index < -0.39 is 5.97 Å². The maximum Gasteiger partial charge on any atom is 0.337 e. The minimum atomic E-state index is -0.479. The Balaban J connectivity index is 2.32. The average molecular weight is 303 g/mol. The first kappa shape index (κ1) is 15.1. The molecule has 0 saturated heterocycles. The molecular formula is C15H12BClO4. The number of aldehydes is 1. The zero-order valence-electron chi connectivity index (χ0n) is 11.6. The van der Waals surface area contributed by atoms with Crippen molar-refractivity contribution in [3.63, 3.8) is 0 Å². The van der Waals surface area contributed by atoms with Crippen LogP contribution in [0.25, 0.3) is 0 Å². The van der Waals surface area contributed by atoms with Gasteiger partial charge in [0.1, 0.15) is 19.3 Å². The third kappa shape index (κ3) is 3.44. The van der Waals surface area contributed by atoms with E-state index >= 15 is 0 Å². The summed E-state index contributed by atoms with van der Waals surface area (Å²) < 4.78 is 10.3. The Bertz CT molecular complexity index is 700. The predicted molar refractivity (Wildman–Crippen MR) is 82.9 cm³/mol. The standard InChI is InChI=1S/C15H12BClO4/c1-20-15(19)9-2-4-14(12(17)7-9)21-13-5-3-11(16)6-10(13)8-18/h2-8H,16H2,1H3. The van der Waals surface area contributed by atoms with Gasteiger partial charge < -0.3 is 9.47 Å². The van der Waals surface area contributed by atoms with Crippen molar-refractivity contribution in [3.05, 3.63) is 52.5 Å². The van der Waals surface area contributed by atoms with Crippen molar-refractivity contribution in [2.45, 2.75) is 0 Å². The maximum absolute atomic E-state index is 11.4. The van der Waals surface area contributed by atoms with Crippen LogP contribution >= 0.6 is 11.6 Å². The van der Waals surface area contributed by atoms with Crippen LogP contribution in [0.15, 0.2) is 36.4 Å². The van der Waals surface area contributed by atoms with E-state index in [4.69, 9.17) is 16.3 Å². The quantitative estimate of drug-likeness (QED) is 0.492. The third-order valence-corrected chi connectivity index (χ3v) is 3.16. The van der Waals surface area contributed by atoms with E-state index in [9.17, 15) is 9.59 Å². The number of carbonyl (C=O) groups is 2. The number of halogens is 1. The Hall–Kier alpha value is -2.27. The highest BCUT2D eigenvalue weighted by atomic mass is 35.5. The molecule has 0 saturated carbocycles. The molecule has 0 aliphatic carbocycles. The van der Waals surface area contributed by atoms with Gasteiger partial charge in [0.25, 0.3) is 0 Å². The molecule has 6 heteroatoms. The number of methoxy groups -OCH3 is 1. The summed E-state index contributed by atoms with van der Waals surface area (Å²) in [5, 5.41) is 0.260.